The van der Waals surface area contributed by atoms with Crippen molar-refractivity contribution in [2.75, 3.05) is 19.8 Å². The van der Waals surface area contributed by atoms with Gasteiger partial charge in [0, 0.05) is 0 Å². The van der Waals surface area contributed by atoms with Gasteiger partial charge in [-0.3, -0.25) is 0 Å². The van der Waals surface area contributed by atoms with Gasteiger partial charge in [-0.05, 0) is 32.1 Å². The Morgan fingerprint density at radius 2 is 1.32 bits per heavy atom. The predicted molar refractivity (Wildman–Crippen MR) is 126 cm³/mol. The van der Waals surface area contributed by atoms with Crippen LogP contribution < -0.4 is 0 Å². The lowest BCUT2D eigenvalue weighted by molar-refractivity contribution is -0.109. The molecule has 0 heterocycles. The highest BCUT2D eigenvalue weighted by Crippen LogP contribution is 2.15. The molecular formula is C25H50O6. The van der Waals surface area contributed by atoms with Crippen LogP contribution >= 0.6 is 0 Å². The van der Waals surface area contributed by atoms with Gasteiger partial charge in [-0.2, -0.15) is 0 Å². The van der Waals surface area contributed by atoms with Crippen molar-refractivity contribution in [3.05, 3.63) is 12.2 Å². The zero-order valence-electron chi connectivity index (χ0n) is 19.8. The van der Waals surface area contributed by atoms with E-state index >= 15 is 0 Å². The number of aliphatic hydroxyl groups is 5. The Kier molecular flexibility index (Phi) is 22.3. The molecule has 0 aromatic rings. The molecule has 0 saturated heterocycles. The van der Waals surface area contributed by atoms with Gasteiger partial charge in [-0.15, -0.1) is 0 Å². The van der Waals surface area contributed by atoms with Gasteiger partial charge < -0.3 is 30.3 Å². The average molecular weight is 447 g/mol. The van der Waals surface area contributed by atoms with Crippen molar-refractivity contribution < 1.29 is 30.3 Å². The van der Waals surface area contributed by atoms with E-state index in [9.17, 15) is 15.3 Å². The molecule has 2 unspecified atom stereocenters. The molecule has 5 N–H and O–H groups in total. The van der Waals surface area contributed by atoms with Crippen molar-refractivity contribution in [2.45, 2.75) is 128 Å². The van der Waals surface area contributed by atoms with Crippen LogP contribution in [0.5, 0.6) is 0 Å². The van der Waals surface area contributed by atoms with Crippen LogP contribution in [0.4, 0.5) is 0 Å². The second-order valence-electron chi connectivity index (χ2n) is 8.62. The molecule has 0 aliphatic heterocycles. The van der Waals surface area contributed by atoms with Crippen molar-refractivity contribution in [3.8, 4) is 0 Å². The lowest BCUT2D eigenvalue weighted by atomic mass is 10.0. The summed E-state index contributed by atoms with van der Waals surface area (Å²) in [5.41, 5.74) is 0. The second-order valence-corrected chi connectivity index (χ2v) is 8.62. The topological polar surface area (TPSA) is 110 Å². The minimum absolute atomic E-state index is 0.0568. The largest absolute Gasteiger partial charge is 0.394 e. The first-order chi connectivity index (χ1) is 15.1. The van der Waals surface area contributed by atoms with Gasteiger partial charge in [0.05, 0.1) is 32.0 Å². The van der Waals surface area contributed by atoms with Crippen LogP contribution in [0.15, 0.2) is 12.2 Å². The number of ether oxygens (including phenoxy) is 1. The predicted octanol–water partition coefficient (Wildman–Crippen LogP) is 3.87. The Balaban J connectivity index is 3.74. The lowest BCUT2D eigenvalue weighted by Crippen LogP contribution is -2.41. The summed E-state index contributed by atoms with van der Waals surface area (Å²) in [4.78, 5) is 0. The molecule has 6 heteroatoms. The summed E-state index contributed by atoms with van der Waals surface area (Å²) >= 11 is 0. The molecule has 186 valence electrons. The molecule has 31 heavy (non-hydrogen) atoms. The van der Waals surface area contributed by atoms with Gasteiger partial charge in [-0.25, -0.2) is 0 Å². The van der Waals surface area contributed by atoms with Gasteiger partial charge in [-0.1, -0.05) is 83.3 Å². The van der Waals surface area contributed by atoms with Gasteiger partial charge in [0.25, 0.3) is 0 Å². The summed E-state index contributed by atoms with van der Waals surface area (Å²) in [6.07, 6.45) is 17.3. The molecule has 0 fully saturated rings. The first kappa shape index (κ1) is 30.5. The number of hydrogen-bond acceptors (Lipinski definition) is 6. The van der Waals surface area contributed by atoms with Crippen LogP contribution in [0.3, 0.4) is 0 Å². The standard InChI is InChI=1S/C25H50O6/c1-2-3-4-5-6-7-8-9-10-11-12-13-14-16-22(28)17-15-18-24(31-20-19-26)25(30)23(29)21-27/h14,16,22-30H,2-13,15,17-21H2,1H3/b16-14+/t22-,23?,24+,25?/m1/s1. The van der Waals surface area contributed by atoms with Gasteiger partial charge in [0.2, 0.25) is 0 Å². The van der Waals surface area contributed by atoms with E-state index in [1.807, 2.05) is 12.2 Å². The minimum Gasteiger partial charge on any atom is -0.394 e. The Bertz CT molecular complexity index is 390. The van der Waals surface area contributed by atoms with Gasteiger partial charge >= 0.3 is 0 Å². The summed E-state index contributed by atoms with van der Waals surface area (Å²) in [7, 11) is 0. The molecule has 0 rings (SSSR count). The van der Waals surface area contributed by atoms with Crippen LogP contribution in [-0.2, 0) is 4.74 Å². The molecule has 0 spiro atoms. The normalized spacial score (nSPS) is 15.9. The molecule has 0 bridgehead atoms. The van der Waals surface area contributed by atoms with Gasteiger partial charge in [0.15, 0.2) is 0 Å². The van der Waals surface area contributed by atoms with E-state index in [0.29, 0.717) is 19.3 Å². The van der Waals surface area contributed by atoms with Crippen molar-refractivity contribution in [2.24, 2.45) is 0 Å². The summed E-state index contributed by atoms with van der Waals surface area (Å²) in [6, 6.07) is 0. The Hall–Kier alpha value is -0.500. The highest BCUT2D eigenvalue weighted by molar-refractivity contribution is 4.88. The number of hydrogen-bond donors (Lipinski definition) is 5. The third kappa shape index (κ3) is 18.7. The molecule has 0 radical (unpaired) electrons. The number of aliphatic hydroxyl groups excluding tert-OH is 5. The van der Waals surface area contributed by atoms with E-state index < -0.39 is 31.0 Å². The quantitative estimate of drug-likeness (QED) is 0.120. The summed E-state index contributed by atoms with van der Waals surface area (Å²) in [5.74, 6) is 0. The maximum atomic E-state index is 10.1. The summed E-state index contributed by atoms with van der Waals surface area (Å²) < 4.78 is 5.37. The first-order valence-electron chi connectivity index (χ1n) is 12.6. The summed E-state index contributed by atoms with van der Waals surface area (Å²) in [6.45, 7) is 1.58. The zero-order valence-corrected chi connectivity index (χ0v) is 19.8. The SMILES string of the molecule is CCCCCCCCCCCCC/C=C/[C@@H](O)CCC[C@H](OCCO)C(O)C(O)CO. The molecule has 0 aromatic carbocycles. The van der Waals surface area contributed by atoms with E-state index in [-0.39, 0.29) is 13.2 Å². The fourth-order valence-corrected chi connectivity index (χ4v) is 3.72. The average Bonchev–Trinajstić information content (AvgIpc) is 2.78. The van der Waals surface area contributed by atoms with Crippen LogP contribution in [0.2, 0.25) is 0 Å². The molecule has 0 amide bonds. The van der Waals surface area contributed by atoms with Crippen LogP contribution in [0.1, 0.15) is 103 Å². The number of allylic oxidation sites excluding steroid dienone is 1. The lowest BCUT2D eigenvalue weighted by Gasteiger charge is -2.26. The highest BCUT2D eigenvalue weighted by Gasteiger charge is 2.26. The van der Waals surface area contributed by atoms with E-state index in [1.54, 1.807) is 0 Å². The van der Waals surface area contributed by atoms with Crippen LogP contribution in [-0.4, -0.2) is 69.8 Å². The van der Waals surface area contributed by atoms with Gasteiger partial charge in [0.1, 0.15) is 12.2 Å². The maximum absolute atomic E-state index is 10.1. The third-order valence-corrected chi connectivity index (χ3v) is 5.71. The fraction of sp³-hybridized carbons (Fsp3) is 0.920. The molecular weight excluding hydrogens is 396 g/mol. The van der Waals surface area contributed by atoms with Crippen molar-refractivity contribution in [3.63, 3.8) is 0 Å². The Labute approximate surface area is 190 Å². The van der Waals surface area contributed by atoms with E-state index in [1.165, 1.54) is 64.2 Å². The fourth-order valence-electron chi connectivity index (χ4n) is 3.72. The minimum atomic E-state index is -1.28. The Morgan fingerprint density at radius 3 is 1.87 bits per heavy atom. The third-order valence-electron chi connectivity index (χ3n) is 5.71. The highest BCUT2D eigenvalue weighted by atomic mass is 16.5. The molecule has 0 aromatic heterocycles. The molecule has 0 saturated carbocycles. The van der Waals surface area contributed by atoms with E-state index in [2.05, 4.69) is 6.92 Å². The molecule has 0 aliphatic rings. The smallest absolute Gasteiger partial charge is 0.108 e. The number of unbranched alkanes of at least 4 members (excludes halogenated alkanes) is 11. The van der Waals surface area contributed by atoms with Crippen molar-refractivity contribution >= 4 is 0 Å². The zero-order chi connectivity index (χ0) is 23.2. The Morgan fingerprint density at radius 1 is 0.742 bits per heavy atom. The van der Waals surface area contributed by atoms with Crippen LogP contribution in [0, 0.1) is 0 Å². The van der Waals surface area contributed by atoms with Crippen molar-refractivity contribution in [1.82, 2.24) is 0 Å². The summed E-state index contributed by atoms with van der Waals surface area (Å²) in [5, 5.41) is 47.6. The van der Waals surface area contributed by atoms with Crippen LogP contribution in [0.25, 0.3) is 0 Å². The maximum Gasteiger partial charge on any atom is 0.108 e. The molecule has 6 nitrogen and oxygen atoms in total. The molecule has 0 aliphatic carbocycles. The first-order valence-corrected chi connectivity index (χ1v) is 12.6. The molecule has 4 atom stereocenters. The number of rotatable bonds is 23. The van der Waals surface area contributed by atoms with Crippen molar-refractivity contribution in [1.29, 1.82) is 0 Å². The monoisotopic (exact) mass is 446 g/mol. The second kappa shape index (κ2) is 22.7. The van der Waals surface area contributed by atoms with E-state index in [4.69, 9.17) is 14.9 Å². The van der Waals surface area contributed by atoms with E-state index in [0.717, 1.165) is 12.8 Å².